The van der Waals surface area contributed by atoms with Crippen LogP contribution in [0.3, 0.4) is 0 Å². The molecular formula is C22H14BrN3O6S. The molecule has 0 spiro atoms. The maximum Gasteiger partial charge on any atom is 0.294 e. The van der Waals surface area contributed by atoms with E-state index in [0.717, 1.165) is 4.90 Å². The van der Waals surface area contributed by atoms with Crippen molar-refractivity contribution in [2.75, 3.05) is 11.9 Å². The second-order valence-electron chi connectivity index (χ2n) is 6.77. The van der Waals surface area contributed by atoms with Gasteiger partial charge in [-0.1, -0.05) is 24.3 Å². The molecule has 11 heteroatoms. The molecule has 0 radical (unpaired) electrons. The molecule has 0 atom stereocenters. The highest BCUT2D eigenvalue weighted by atomic mass is 79.9. The Balaban J connectivity index is 1.49. The Bertz CT molecular complexity index is 1320. The molecule has 0 aliphatic carbocycles. The van der Waals surface area contributed by atoms with Crippen LogP contribution in [0.25, 0.3) is 17.4 Å². The van der Waals surface area contributed by atoms with E-state index in [1.807, 2.05) is 0 Å². The number of hydrogen-bond donors (Lipinski definition) is 1. The highest BCUT2D eigenvalue weighted by molar-refractivity contribution is 9.10. The number of carbonyl (C=O) groups is 3. The molecule has 1 saturated heterocycles. The molecule has 2 heterocycles. The Kier molecular flexibility index (Phi) is 6.43. The van der Waals surface area contributed by atoms with Crippen molar-refractivity contribution in [3.8, 4) is 11.3 Å². The molecule has 0 saturated carbocycles. The number of nitro groups is 1. The normalized spacial score (nSPS) is 14.7. The number of thioether (sulfide) groups is 1. The quantitative estimate of drug-likeness (QED) is 0.262. The van der Waals surface area contributed by atoms with Crippen LogP contribution in [0, 0.1) is 10.1 Å². The van der Waals surface area contributed by atoms with Crippen molar-refractivity contribution in [3.05, 3.63) is 85.9 Å². The van der Waals surface area contributed by atoms with E-state index < -0.39 is 28.5 Å². The molecule has 1 aromatic heterocycles. The monoisotopic (exact) mass is 527 g/mol. The van der Waals surface area contributed by atoms with Crippen LogP contribution in [0.2, 0.25) is 0 Å². The number of amides is 3. The predicted octanol–water partition coefficient (Wildman–Crippen LogP) is 5.29. The summed E-state index contributed by atoms with van der Waals surface area (Å²) in [7, 11) is 0. The number of halogens is 1. The third-order valence-electron chi connectivity index (χ3n) is 4.59. The summed E-state index contributed by atoms with van der Waals surface area (Å²) in [5, 5.41) is 13.3. The van der Waals surface area contributed by atoms with Crippen molar-refractivity contribution in [3.63, 3.8) is 0 Å². The zero-order valence-corrected chi connectivity index (χ0v) is 19.1. The molecule has 9 nitrogen and oxygen atoms in total. The Labute approximate surface area is 199 Å². The third-order valence-corrected chi connectivity index (χ3v) is 6.19. The number of nitro benzene ring substituents is 1. The molecule has 0 unspecified atom stereocenters. The molecule has 3 amide bonds. The Morgan fingerprint density at radius 2 is 1.85 bits per heavy atom. The van der Waals surface area contributed by atoms with Crippen LogP contribution < -0.4 is 5.32 Å². The average molecular weight is 528 g/mol. The number of hydrogen-bond acceptors (Lipinski definition) is 7. The van der Waals surface area contributed by atoms with Crippen molar-refractivity contribution in [2.45, 2.75) is 0 Å². The maximum atomic E-state index is 12.7. The van der Waals surface area contributed by atoms with E-state index in [4.69, 9.17) is 4.42 Å². The molecule has 0 bridgehead atoms. The fourth-order valence-electron chi connectivity index (χ4n) is 3.08. The number of para-hydroxylation sites is 2. The number of anilines is 1. The topological polar surface area (TPSA) is 123 Å². The molecule has 2 aromatic carbocycles. The van der Waals surface area contributed by atoms with Crippen LogP contribution in [-0.4, -0.2) is 33.4 Å². The fraction of sp³-hybridized carbons (Fsp3) is 0.0455. The summed E-state index contributed by atoms with van der Waals surface area (Å²) in [6.07, 6.45) is 1.37. The van der Waals surface area contributed by atoms with Gasteiger partial charge >= 0.3 is 0 Å². The lowest BCUT2D eigenvalue weighted by Crippen LogP contribution is -2.36. The van der Waals surface area contributed by atoms with Crippen molar-refractivity contribution in [1.82, 2.24) is 4.90 Å². The molecule has 33 heavy (non-hydrogen) atoms. The summed E-state index contributed by atoms with van der Waals surface area (Å²) in [6.45, 7) is -0.442. The highest BCUT2D eigenvalue weighted by Crippen LogP contribution is 2.35. The largest absolute Gasteiger partial charge is 0.456 e. The summed E-state index contributed by atoms with van der Waals surface area (Å²) in [5.41, 5.74) is 0.692. The van der Waals surface area contributed by atoms with Gasteiger partial charge in [0.25, 0.3) is 16.8 Å². The van der Waals surface area contributed by atoms with Gasteiger partial charge in [-0.05, 0) is 58.0 Å². The van der Waals surface area contributed by atoms with Crippen molar-refractivity contribution < 1.29 is 23.7 Å². The van der Waals surface area contributed by atoms with Gasteiger partial charge < -0.3 is 9.73 Å². The first kappa shape index (κ1) is 22.5. The summed E-state index contributed by atoms with van der Waals surface area (Å²) in [4.78, 5) is 49.0. The van der Waals surface area contributed by atoms with Gasteiger partial charge in [0, 0.05) is 16.6 Å². The summed E-state index contributed by atoms with van der Waals surface area (Å²) in [6, 6.07) is 16.2. The van der Waals surface area contributed by atoms with E-state index in [1.165, 1.54) is 12.1 Å². The summed E-state index contributed by atoms with van der Waals surface area (Å²) < 4.78 is 6.32. The zero-order chi connectivity index (χ0) is 23.5. The van der Waals surface area contributed by atoms with Crippen LogP contribution in [0.1, 0.15) is 5.76 Å². The molecule has 1 fully saturated rings. The minimum Gasteiger partial charge on any atom is -0.456 e. The van der Waals surface area contributed by atoms with Gasteiger partial charge in [0.1, 0.15) is 18.1 Å². The zero-order valence-electron chi connectivity index (χ0n) is 16.7. The number of rotatable bonds is 6. The molecule has 4 rings (SSSR count). The number of nitrogens with one attached hydrogen (secondary N) is 1. The molecule has 1 aliphatic rings. The predicted molar refractivity (Wildman–Crippen MR) is 126 cm³/mol. The van der Waals surface area contributed by atoms with Crippen LogP contribution in [0.5, 0.6) is 0 Å². The summed E-state index contributed by atoms with van der Waals surface area (Å²) in [5.74, 6) is -0.662. The minimum atomic E-state index is -0.629. The lowest BCUT2D eigenvalue weighted by Gasteiger charge is -2.13. The van der Waals surface area contributed by atoms with Gasteiger partial charge in [-0.2, -0.15) is 0 Å². The lowest BCUT2D eigenvalue weighted by atomic mass is 10.1. The smallest absolute Gasteiger partial charge is 0.294 e. The number of furan rings is 1. The number of nitrogens with zero attached hydrogens (tertiary/aromatic N) is 2. The average Bonchev–Trinajstić information content (AvgIpc) is 3.35. The van der Waals surface area contributed by atoms with Crippen molar-refractivity contribution in [1.29, 1.82) is 0 Å². The molecule has 166 valence electrons. The molecular weight excluding hydrogens is 514 g/mol. The standard InChI is InChI=1S/C22H14BrN3O6S/c23-15-6-2-3-7-16(15)24-20(27)12-25-21(28)19(33-22(25)29)11-13-9-10-18(32-13)14-5-1-4-8-17(14)26(30)31/h1-11H,12H2,(H,24,27)/b19-11+. The van der Waals surface area contributed by atoms with Crippen molar-refractivity contribution in [2.24, 2.45) is 0 Å². The second-order valence-corrected chi connectivity index (χ2v) is 8.62. The van der Waals surface area contributed by atoms with Crippen LogP contribution in [-0.2, 0) is 9.59 Å². The molecule has 1 aliphatic heterocycles. The number of benzene rings is 2. The lowest BCUT2D eigenvalue weighted by molar-refractivity contribution is -0.384. The van der Waals surface area contributed by atoms with E-state index in [-0.39, 0.29) is 22.1 Å². The minimum absolute atomic E-state index is 0.0807. The first-order valence-electron chi connectivity index (χ1n) is 9.47. The molecule has 3 aromatic rings. The summed E-state index contributed by atoms with van der Waals surface area (Å²) >= 11 is 4.00. The van der Waals surface area contributed by atoms with Crippen LogP contribution in [0.15, 0.2) is 74.5 Å². The van der Waals surface area contributed by atoms with E-state index in [2.05, 4.69) is 21.2 Å². The number of imide groups is 1. The Morgan fingerprint density at radius 3 is 2.61 bits per heavy atom. The number of carbonyl (C=O) groups excluding carboxylic acids is 3. The van der Waals surface area contributed by atoms with Gasteiger partial charge in [-0.3, -0.25) is 29.4 Å². The van der Waals surface area contributed by atoms with E-state index in [1.54, 1.807) is 54.6 Å². The molecule has 1 N–H and O–H groups in total. The van der Waals surface area contributed by atoms with Gasteiger partial charge in [-0.15, -0.1) is 0 Å². The first-order valence-corrected chi connectivity index (χ1v) is 11.1. The SMILES string of the molecule is O=C(CN1C(=O)S/C(=C/c2ccc(-c3ccccc3[N+](=O)[O-])o2)C1=O)Nc1ccccc1Br. The Hall–Kier alpha value is -3.70. The van der Waals surface area contributed by atoms with Gasteiger partial charge in [0.05, 0.1) is 21.1 Å². The van der Waals surface area contributed by atoms with E-state index in [9.17, 15) is 24.5 Å². The second kappa shape index (κ2) is 9.43. The third kappa shape index (κ3) is 4.89. The van der Waals surface area contributed by atoms with Crippen LogP contribution >= 0.6 is 27.7 Å². The first-order chi connectivity index (χ1) is 15.8. The van der Waals surface area contributed by atoms with Crippen LogP contribution in [0.4, 0.5) is 16.2 Å². The maximum absolute atomic E-state index is 12.7. The Morgan fingerprint density at radius 1 is 1.12 bits per heavy atom. The van der Waals surface area contributed by atoms with Gasteiger partial charge in [0.2, 0.25) is 5.91 Å². The van der Waals surface area contributed by atoms with Gasteiger partial charge in [-0.25, -0.2) is 0 Å². The van der Waals surface area contributed by atoms with Crippen molar-refractivity contribution >= 4 is 62.2 Å². The van der Waals surface area contributed by atoms with E-state index >= 15 is 0 Å². The van der Waals surface area contributed by atoms with E-state index in [0.29, 0.717) is 27.5 Å². The highest BCUT2D eigenvalue weighted by Gasteiger charge is 2.36. The van der Waals surface area contributed by atoms with Gasteiger partial charge in [0.15, 0.2) is 0 Å². The fourth-order valence-corrected chi connectivity index (χ4v) is 4.28.